The number of nitrogens with zero attached hydrogens (tertiary/aromatic N) is 4. The minimum atomic E-state index is 0. The highest BCUT2D eigenvalue weighted by Crippen LogP contribution is 2.15. The molecule has 22 heavy (non-hydrogen) atoms. The van der Waals surface area contributed by atoms with Gasteiger partial charge in [0.1, 0.15) is 11.6 Å². The lowest BCUT2D eigenvalue weighted by Crippen LogP contribution is -2.47. The highest BCUT2D eigenvalue weighted by Gasteiger charge is 2.24. The van der Waals surface area contributed by atoms with E-state index in [1.807, 2.05) is 18.5 Å². The lowest BCUT2D eigenvalue weighted by Gasteiger charge is -2.36. The molecule has 1 N–H and O–H groups in total. The first-order chi connectivity index (χ1) is 10.2. The van der Waals surface area contributed by atoms with E-state index in [1.54, 1.807) is 0 Å². The Bertz CT molecular complexity index is 461. The fourth-order valence-corrected chi connectivity index (χ4v) is 3.43. The van der Waals surface area contributed by atoms with Crippen LogP contribution in [0.25, 0.3) is 0 Å². The summed E-state index contributed by atoms with van der Waals surface area (Å²) in [6.07, 6.45) is 2.90. The number of morpholine rings is 1. The summed E-state index contributed by atoms with van der Waals surface area (Å²) in [5.41, 5.74) is 0. The molecule has 1 aromatic rings. The third kappa shape index (κ3) is 4.65. The molecule has 3 rings (SSSR count). The number of rotatable bonds is 4. The second kappa shape index (κ2) is 8.24. The minimum absolute atomic E-state index is 0. The van der Waals surface area contributed by atoms with Gasteiger partial charge >= 0.3 is 0 Å². The first-order valence-electron chi connectivity index (χ1n) is 8.13. The molecule has 2 unspecified atom stereocenters. The molecular formula is C15H28ClN5O. The maximum Gasteiger partial charge on any atom is 0.147 e. The van der Waals surface area contributed by atoms with Crippen LogP contribution in [-0.4, -0.2) is 65.1 Å². The Morgan fingerprint density at radius 1 is 1.32 bits per heavy atom. The van der Waals surface area contributed by atoms with Crippen molar-refractivity contribution in [2.45, 2.75) is 39.3 Å². The fraction of sp³-hybridized carbons (Fsp3) is 0.867. The third-order valence-corrected chi connectivity index (χ3v) is 4.48. The number of nitrogens with one attached hydrogen (secondary N) is 1. The van der Waals surface area contributed by atoms with Gasteiger partial charge in [-0.3, -0.25) is 4.90 Å². The summed E-state index contributed by atoms with van der Waals surface area (Å²) >= 11 is 0. The van der Waals surface area contributed by atoms with E-state index >= 15 is 0 Å². The van der Waals surface area contributed by atoms with Gasteiger partial charge in [-0.1, -0.05) is 0 Å². The largest absolute Gasteiger partial charge is 0.374 e. The van der Waals surface area contributed by atoms with Gasteiger partial charge < -0.3 is 10.1 Å². The van der Waals surface area contributed by atoms with Gasteiger partial charge in [0.05, 0.1) is 19.3 Å². The molecule has 0 amide bonds. The van der Waals surface area contributed by atoms with Crippen molar-refractivity contribution < 1.29 is 4.74 Å². The molecule has 0 aliphatic carbocycles. The number of aryl methyl sites for hydroxylation is 2. The molecule has 2 fully saturated rings. The van der Waals surface area contributed by atoms with Gasteiger partial charge in [-0.25, -0.2) is 9.67 Å². The number of halogens is 1. The lowest BCUT2D eigenvalue weighted by molar-refractivity contribution is -0.0426. The Hall–Kier alpha value is -0.690. The fourth-order valence-electron chi connectivity index (χ4n) is 3.43. The normalized spacial score (nSPS) is 26.6. The number of ether oxygens (including phenoxy) is 1. The van der Waals surface area contributed by atoms with Crippen LogP contribution in [0.15, 0.2) is 0 Å². The van der Waals surface area contributed by atoms with Crippen LogP contribution in [0.5, 0.6) is 0 Å². The van der Waals surface area contributed by atoms with Crippen LogP contribution < -0.4 is 5.32 Å². The Balaban J connectivity index is 0.00000176. The molecule has 3 heterocycles. The van der Waals surface area contributed by atoms with Gasteiger partial charge in [0.25, 0.3) is 0 Å². The molecular weight excluding hydrogens is 302 g/mol. The van der Waals surface area contributed by atoms with Gasteiger partial charge in [0.15, 0.2) is 0 Å². The maximum atomic E-state index is 5.92. The van der Waals surface area contributed by atoms with E-state index in [9.17, 15) is 0 Å². The number of aromatic nitrogens is 3. The third-order valence-electron chi connectivity index (χ3n) is 4.48. The van der Waals surface area contributed by atoms with Crippen molar-refractivity contribution in [3.8, 4) is 0 Å². The zero-order chi connectivity index (χ0) is 14.7. The lowest BCUT2D eigenvalue weighted by atomic mass is 9.99. The van der Waals surface area contributed by atoms with Gasteiger partial charge in [0.2, 0.25) is 0 Å². The molecule has 6 nitrogen and oxygen atoms in total. The first-order valence-corrected chi connectivity index (χ1v) is 8.13. The monoisotopic (exact) mass is 329 g/mol. The SMILES string of the molecule is Cc1nc(C)n(CC2CN(CC3CCCNC3)CCO2)n1.Cl. The van der Waals surface area contributed by atoms with E-state index in [0.717, 1.165) is 43.8 Å². The molecule has 2 aliphatic rings. The van der Waals surface area contributed by atoms with Gasteiger partial charge in [-0.2, -0.15) is 5.10 Å². The van der Waals surface area contributed by atoms with Crippen LogP contribution in [0.4, 0.5) is 0 Å². The zero-order valence-electron chi connectivity index (χ0n) is 13.6. The predicted molar refractivity (Wildman–Crippen MR) is 88.5 cm³/mol. The second-order valence-electron chi connectivity index (χ2n) is 6.35. The number of hydrogen-bond acceptors (Lipinski definition) is 5. The second-order valence-corrected chi connectivity index (χ2v) is 6.35. The van der Waals surface area contributed by atoms with Crippen molar-refractivity contribution in [2.75, 3.05) is 39.3 Å². The summed E-state index contributed by atoms with van der Waals surface area (Å²) in [5.74, 6) is 2.62. The minimum Gasteiger partial charge on any atom is -0.374 e. The molecule has 0 radical (unpaired) electrons. The molecule has 2 aliphatic heterocycles. The summed E-state index contributed by atoms with van der Waals surface area (Å²) in [5, 5.41) is 7.95. The molecule has 2 atom stereocenters. The number of hydrogen-bond donors (Lipinski definition) is 1. The predicted octanol–water partition coefficient (Wildman–Crippen LogP) is 1.02. The van der Waals surface area contributed by atoms with E-state index in [1.165, 1.54) is 32.5 Å². The Morgan fingerprint density at radius 3 is 2.86 bits per heavy atom. The van der Waals surface area contributed by atoms with Crippen LogP contribution >= 0.6 is 12.4 Å². The summed E-state index contributed by atoms with van der Waals surface area (Å²) < 4.78 is 7.90. The highest BCUT2D eigenvalue weighted by atomic mass is 35.5. The Kier molecular flexibility index (Phi) is 6.62. The van der Waals surface area contributed by atoms with Crippen LogP contribution in [0.3, 0.4) is 0 Å². The smallest absolute Gasteiger partial charge is 0.147 e. The topological polar surface area (TPSA) is 55.2 Å². The van der Waals surface area contributed by atoms with Crippen molar-refractivity contribution in [1.82, 2.24) is 25.0 Å². The number of piperidine rings is 1. The van der Waals surface area contributed by atoms with Crippen LogP contribution in [0.2, 0.25) is 0 Å². The molecule has 0 bridgehead atoms. The molecule has 1 aromatic heterocycles. The summed E-state index contributed by atoms with van der Waals surface area (Å²) in [4.78, 5) is 6.92. The van der Waals surface area contributed by atoms with E-state index in [0.29, 0.717) is 0 Å². The van der Waals surface area contributed by atoms with Crippen molar-refractivity contribution >= 4 is 12.4 Å². The summed E-state index contributed by atoms with van der Waals surface area (Å²) in [7, 11) is 0. The average Bonchev–Trinajstić information content (AvgIpc) is 2.78. The molecule has 2 saturated heterocycles. The summed E-state index contributed by atoms with van der Waals surface area (Å²) in [6.45, 7) is 11.2. The van der Waals surface area contributed by atoms with Crippen molar-refractivity contribution in [2.24, 2.45) is 5.92 Å². The summed E-state index contributed by atoms with van der Waals surface area (Å²) in [6, 6.07) is 0. The van der Waals surface area contributed by atoms with Crippen LogP contribution in [-0.2, 0) is 11.3 Å². The zero-order valence-corrected chi connectivity index (χ0v) is 14.4. The highest BCUT2D eigenvalue weighted by molar-refractivity contribution is 5.85. The van der Waals surface area contributed by atoms with Crippen LogP contribution in [0, 0.1) is 19.8 Å². The molecule has 7 heteroatoms. The van der Waals surface area contributed by atoms with E-state index < -0.39 is 0 Å². The molecule has 0 saturated carbocycles. The Labute approximate surface area is 139 Å². The molecule has 126 valence electrons. The molecule has 0 aromatic carbocycles. The van der Waals surface area contributed by atoms with Crippen molar-refractivity contribution in [1.29, 1.82) is 0 Å². The van der Waals surface area contributed by atoms with E-state index in [2.05, 4.69) is 20.3 Å². The maximum absolute atomic E-state index is 5.92. The molecule has 0 spiro atoms. The Morgan fingerprint density at radius 2 is 2.18 bits per heavy atom. The first kappa shape index (κ1) is 17.7. The standard InChI is InChI=1S/C15H27N5O.ClH/c1-12-17-13(2)20(18-12)11-15-10-19(6-7-21-15)9-14-4-3-5-16-8-14;/h14-16H,3-11H2,1-2H3;1H. The van der Waals surface area contributed by atoms with E-state index in [-0.39, 0.29) is 18.5 Å². The van der Waals surface area contributed by atoms with Crippen molar-refractivity contribution in [3.63, 3.8) is 0 Å². The van der Waals surface area contributed by atoms with Gasteiger partial charge in [0, 0.05) is 19.6 Å². The van der Waals surface area contributed by atoms with Crippen LogP contribution in [0.1, 0.15) is 24.5 Å². The van der Waals surface area contributed by atoms with Gasteiger partial charge in [-0.15, -0.1) is 12.4 Å². The quantitative estimate of drug-likeness (QED) is 0.893. The van der Waals surface area contributed by atoms with Gasteiger partial charge in [-0.05, 0) is 45.7 Å². The van der Waals surface area contributed by atoms with E-state index in [4.69, 9.17) is 4.74 Å². The average molecular weight is 330 g/mol. The van der Waals surface area contributed by atoms with Crippen molar-refractivity contribution in [3.05, 3.63) is 11.6 Å².